The molecular formula is C33H48N4O4S. The Labute approximate surface area is 255 Å². The van der Waals surface area contributed by atoms with Crippen molar-refractivity contribution >= 4 is 40.9 Å². The van der Waals surface area contributed by atoms with Gasteiger partial charge in [-0.1, -0.05) is 19.1 Å². The second-order valence-electron chi connectivity index (χ2n) is 11.8. The minimum atomic E-state index is -0.681. The maximum Gasteiger partial charge on any atom is 0.251 e. The predicted octanol–water partition coefficient (Wildman–Crippen LogP) is 4.20. The molecule has 3 heterocycles. The van der Waals surface area contributed by atoms with Gasteiger partial charge in [0.25, 0.3) is 5.91 Å². The SMILES string of the molecule is C=CCN(C)C(=O)[C@@H]1[C@H]2C(=O)N(CCCCCO)C(C(=O)N(CC=C)c3ccc(N(CC)CC)cc3)C23S[C@@H]1CC3C. The van der Waals surface area contributed by atoms with E-state index >= 15 is 0 Å². The molecule has 4 rings (SSSR count). The summed E-state index contributed by atoms with van der Waals surface area (Å²) in [6.45, 7) is 17.2. The van der Waals surface area contributed by atoms with Gasteiger partial charge in [0.05, 0.1) is 16.6 Å². The first-order valence-corrected chi connectivity index (χ1v) is 16.3. The van der Waals surface area contributed by atoms with Crippen molar-refractivity contribution in [1.82, 2.24) is 9.80 Å². The van der Waals surface area contributed by atoms with Gasteiger partial charge in [-0.3, -0.25) is 14.4 Å². The van der Waals surface area contributed by atoms with Crippen molar-refractivity contribution in [2.45, 2.75) is 62.5 Å². The van der Waals surface area contributed by atoms with E-state index in [0.717, 1.165) is 37.3 Å². The van der Waals surface area contributed by atoms with E-state index in [0.29, 0.717) is 32.5 Å². The number of aliphatic hydroxyl groups excluding tert-OH is 1. The smallest absolute Gasteiger partial charge is 0.251 e. The number of aliphatic hydroxyl groups is 1. The first-order valence-electron chi connectivity index (χ1n) is 15.4. The number of rotatable bonds is 15. The van der Waals surface area contributed by atoms with E-state index < -0.39 is 22.6 Å². The van der Waals surface area contributed by atoms with E-state index in [-0.39, 0.29) is 35.5 Å². The van der Waals surface area contributed by atoms with E-state index in [4.69, 9.17) is 0 Å². The van der Waals surface area contributed by atoms with Crippen molar-refractivity contribution in [2.24, 2.45) is 17.8 Å². The highest BCUT2D eigenvalue weighted by Crippen LogP contribution is 2.69. The van der Waals surface area contributed by atoms with Gasteiger partial charge in [-0.2, -0.15) is 0 Å². The van der Waals surface area contributed by atoms with Gasteiger partial charge in [0, 0.05) is 63.0 Å². The zero-order valence-corrected chi connectivity index (χ0v) is 26.5. The van der Waals surface area contributed by atoms with Crippen LogP contribution in [0.2, 0.25) is 0 Å². The summed E-state index contributed by atoms with van der Waals surface area (Å²) in [6.07, 6.45) is 6.33. The Hall–Kier alpha value is -2.78. The molecule has 3 aliphatic rings. The van der Waals surface area contributed by atoms with Gasteiger partial charge in [-0.05, 0) is 69.7 Å². The van der Waals surface area contributed by atoms with Gasteiger partial charge >= 0.3 is 0 Å². The molecule has 3 fully saturated rings. The van der Waals surface area contributed by atoms with Crippen LogP contribution in [0.1, 0.15) is 46.5 Å². The molecular weight excluding hydrogens is 548 g/mol. The molecule has 9 heteroatoms. The first-order chi connectivity index (χ1) is 20.2. The third-order valence-corrected chi connectivity index (χ3v) is 11.5. The highest BCUT2D eigenvalue weighted by molar-refractivity contribution is 8.02. The van der Waals surface area contributed by atoms with Crippen LogP contribution in [0.5, 0.6) is 0 Å². The molecule has 0 saturated carbocycles. The van der Waals surface area contributed by atoms with Gasteiger partial charge in [-0.15, -0.1) is 24.9 Å². The highest BCUT2D eigenvalue weighted by Gasteiger charge is 2.76. The number of amides is 3. The molecule has 6 atom stereocenters. The minimum absolute atomic E-state index is 0.00163. The largest absolute Gasteiger partial charge is 0.396 e. The molecule has 3 saturated heterocycles. The van der Waals surface area contributed by atoms with Gasteiger partial charge in [0.1, 0.15) is 6.04 Å². The number of carbonyl (C=O) groups is 3. The second-order valence-corrected chi connectivity index (χ2v) is 13.4. The van der Waals surface area contributed by atoms with Crippen LogP contribution in [0.4, 0.5) is 11.4 Å². The number of unbranched alkanes of at least 4 members (excludes halogenated alkanes) is 2. The molecule has 2 bridgehead atoms. The first kappa shape index (κ1) is 32.1. The Kier molecular flexibility index (Phi) is 10.5. The van der Waals surface area contributed by atoms with Crippen LogP contribution in [-0.4, -0.2) is 95.0 Å². The van der Waals surface area contributed by atoms with Crippen LogP contribution in [0.3, 0.4) is 0 Å². The number of likely N-dealkylation sites (tertiary alicyclic amines) is 1. The molecule has 3 unspecified atom stereocenters. The fraction of sp³-hybridized carbons (Fsp3) is 0.606. The summed E-state index contributed by atoms with van der Waals surface area (Å²) in [7, 11) is 1.76. The summed E-state index contributed by atoms with van der Waals surface area (Å²) < 4.78 is -0.675. The van der Waals surface area contributed by atoms with Crippen molar-refractivity contribution < 1.29 is 19.5 Å². The molecule has 42 heavy (non-hydrogen) atoms. The molecule has 3 amide bonds. The number of carbonyl (C=O) groups excluding carboxylic acids is 3. The zero-order chi connectivity index (χ0) is 30.6. The topological polar surface area (TPSA) is 84.4 Å². The number of benzene rings is 1. The number of fused-ring (bicyclic) bond motifs is 1. The minimum Gasteiger partial charge on any atom is -0.396 e. The summed E-state index contributed by atoms with van der Waals surface area (Å²) in [5.74, 6) is -1.14. The number of hydrogen-bond acceptors (Lipinski definition) is 6. The van der Waals surface area contributed by atoms with Crippen molar-refractivity contribution in [3.63, 3.8) is 0 Å². The second kappa shape index (κ2) is 13.7. The highest BCUT2D eigenvalue weighted by atomic mass is 32.2. The Morgan fingerprint density at radius 3 is 2.29 bits per heavy atom. The summed E-state index contributed by atoms with van der Waals surface area (Å²) in [5, 5.41) is 9.33. The average molecular weight is 597 g/mol. The summed E-state index contributed by atoms with van der Waals surface area (Å²) in [5.41, 5.74) is 1.87. The summed E-state index contributed by atoms with van der Waals surface area (Å²) in [4.78, 5) is 50.4. The Morgan fingerprint density at radius 1 is 1.05 bits per heavy atom. The average Bonchev–Trinajstić information content (AvgIpc) is 3.58. The molecule has 0 aromatic heterocycles. The lowest BCUT2D eigenvalue weighted by Crippen LogP contribution is -2.57. The standard InChI is InChI=1S/C33H48N4O4S/c1-7-18-34(6)30(39)27-26-22-23(5)33(42-26)28(27)31(40)37(20-12-11-13-21-38)29(33)32(41)36(19-8-2)25-16-14-24(15-17-25)35(9-3)10-4/h7-8,14-17,23,26-29,38H,1-2,9-13,18-22H2,3-6H3/t23?,26-,27+,28+,29?,33?/m1/s1. The normalized spacial score (nSPS) is 27.6. The van der Waals surface area contributed by atoms with Crippen LogP contribution in [-0.2, 0) is 14.4 Å². The molecule has 0 aliphatic carbocycles. The third kappa shape index (κ3) is 5.50. The zero-order valence-electron chi connectivity index (χ0n) is 25.7. The van der Waals surface area contributed by atoms with Crippen molar-refractivity contribution in [2.75, 3.05) is 56.2 Å². The van der Waals surface area contributed by atoms with Crippen LogP contribution >= 0.6 is 11.8 Å². The Balaban J connectivity index is 1.75. The van der Waals surface area contributed by atoms with Crippen molar-refractivity contribution in [3.05, 3.63) is 49.6 Å². The molecule has 1 aromatic rings. The van der Waals surface area contributed by atoms with Gasteiger partial charge < -0.3 is 24.7 Å². The van der Waals surface area contributed by atoms with E-state index in [1.807, 2.05) is 24.3 Å². The quantitative estimate of drug-likeness (QED) is 0.242. The van der Waals surface area contributed by atoms with Crippen LogP contribution in [0.25, 0.3) is 0 Å². The van der Waals surface area contributed by atoms with E-state index in [1.54, 1.807) is 45.7 Å². The maximum atomic E-state index is 14.8. The summed E-state index contributed by atoms with van der Waals surface area (Å²) in [6, 6.07) is 7.36. The number of likely N-dealkylation sites (N-methyl/N-ethyl adjacent to an activating group) is 1. The van der Waals surface area contributed by atoms with E-state index in [1.165, 1.54) is 0 Å². The van der Waals surface area contributed by atoms with Crippen molar-refractivity contribution in [1.29, 1.82) is 0 Å². The summed E-state index contributed by atoms with van der Waals surface area (Å²) >= 11 is 1.70. The molecule has 1 N–H and O–H groups in total. The van der Waals surface area contributed by atoms with Gasteiger partial charge in [0.15, 0.2) is 0 Å². The predicted molar refractivity (Wildman–Crippen MR) is 172 cm³/mol. The maximum absolute atomic E-state index is 14.8. The van der Waals surface area contributed by atoms with Crippen LogP contribution in [0.15, 0.2) is 49.6 Å². The van der Waals surface area contributed by atoms with E-state index in [9.17, 15) is 19.5 Å². The lowest BCUT2D eigenvalue weighted by Gasteiger charge is -2.41. The molecule has 1 spiro atoms. The number of thioether (sulfide) groups is 1. The Morgan fingerprint density at radius 2 is 1.69 bits per heavy atom. The fourth-order valence-corrected chi connectivity index (χ4v) is 9.87. The lowest BCUT2D eigenvalue weighted by atomic mass is 9.65. The third-order valence-electron chi connectivity index (χ3n) is 9.47. The molecule has 230 valence electrons. The van der Waals surface area contributed by atoms with E-state index in [2.05, 4.69) is 38.8 Å². The lowest BCUT2D eigenvalue weighted by molar-refractivity contribution is -0.143. The van der Waals surface area contributed by atoms with Gasteiger partial charge in [-0.25, -0.2) is 0 Å². The fourth-order valence-electron chi connectivity index (χ4n) is 7.46. The molecule has 1 aromatic carbocycles. The van der Waals surface area contributed by atoms with Crippen LogP contribution < -0.4 is 9.80 Å². The number of nitrogens with zero attached hydrogens (tertiary/aromatic N) is 4. The molecule has 0 radical (unpaired) electrons. The molecule has 3 aliphatic heterocycles. The van der Waals surface area contributed by atoms with Crippen molar-refractivity contribution in [3.8, 4) is 0 Å². The monoisotopic (exact) mass is 596 g/mol. The molecule has 8 nitrogen and oxygen atoms in total. The van der Waals surface area contributed by atoms with Gasteiger partial charge in [0.2, 0.25) is 11.8 Å². The van der Waals surface area contributed by atoms with Crippen LogP contribution in [0, 0.1) is 17.8 Å². The number of anilines is 2. The Bertz CT molecular complexity index is 1160. The number of hydrogen-bond donors (Lipinski definition) is 1.